The predicted molar refractivity (Wildman–Crippen MR) is 109 cm³/mol. The Morgan fingerprint density at radius 2 is 2.03 bits per heavy atom. The summed E-state index contributed by atoms with van der Waals surface area (Å²) in [6.45, 7) is 6.34. The van der Waals surface area contributed by atoms with Gasteiger partial charge >= 0.3 is 6.09 Å². The van der Waals surface area contributed by atoms with E-state index in [2.05, 4.69) is 10.2 Å². The number of nitrogens with one attached hydrogen (secondary N) is 1. The smallest absolute Gasteiger partial charge is 0.410 e. The van der Waals surface area contributed by atoms with Gasteiger partial charge in [0.2, 0.25) is 0 Å². The van der Waals surface area contributed by atoms with Crippen molar-refractivity contribution < 1.29 is 18.7 Å². The molecule has 1 fully saturated rings. The van der Waals surface area contributed by atoms with Gasteiger partial charge in [-0.3, -0.25) is 9.89 Å². The zero-order chi connectivity index (χ0) is 21.5. The lowest BCUT2D eigenvalue weighted by Gasteiger charge is -2.41. The Morgan fingerprint density at radius 3 is 2.77 bits per heavy atom. The molecule has 7 nitrogen and oxygen atoms in total. The van der Waals surface area contributed by atoms with E-state index in [9.17, 15) is 14.0 Å². The summed E-state index contributed by atoms with van der Waals surface area (Å²) in [6.07, 6.45) is 2.30. The molecule has 1 aromatic heterocycles. The van der Waals surface area contributed by atoms with Crippen molar-refractivity contribution in [2.24, 2.45) is 0 Å². The highest BCUT2D eigenvalue weighted by Crippen LogP contribution is 2.31. The number of carbonyl (C=O) groups is 2. The van der Waals surface area contributed by atoms with E-state index < -0.39 is 17.7 Å². The second-order valence-corrected chi connectivity index (χ2v) is 8.88. The number of aromatic nitrogens is 2. The fourth-order valence-electron chi connectivity index (χ4n) is 4.15. The standard InChI is InChI=1S/C22H27FN4O3/c1-22(2,3)30-21(29)26-10-11-27(18(13-26)14-6-4-7-15(23)12-14)20(28)19-16-8-5-9-17(16)24-25-19/h4,6-7,12,18H,5,8-11,13H2,1-3H3,(H,24,25)/t18-/m0/s1. The summed E-state index contributed by atoms with van der Waals surface area (Å²) in [7, 11) is 0. The first-order valence-electron chi connectivity index (χ1n) is 10.3. The number of rotatable bonds is 2. The maximum atomic E-state index is 14.0. The van der Waals surface area contributed by atoms with E-state index in [0.29, 0.717) is 24.3 Å². The predicted octanol–water partition coefficient (Wildman–Crippen LogP) is 3.47. The molecule has 0 radical (unpaired) electrons. The molecule has 0 bridgehead atoms. The minimum Gasteiger partial charge on any atom is -0.444 e. The number of piperazine rings is 1. The van der Waals surface area contributed by atoms with Crippen LogP contribution >= 0.6 is 0 Å². The minimum absolute atomic E-state index is 0.188. The Morgan fingerprint density at radius 1 is 1.23 bits per heavy atom. The van der Waals surface area contributed by atoms with Crippen LogP contribution in [0.5, 0.6) is 0 Å². The number of hydrogen-bond acceptors (Lipinski definition) is 4. The van der Waals surface area contributed by atoms with Crippen LogP contribution in [0.2, 0.25) is 0 Å². The zero-order valence-corrected chi connectivity index (χ0v) is 17.6. The molecular formula is C22H27FN4O3. The van der Waals surface area contributed by atoms with E-state index in [0.717, 1.165) is 30.5 Å². The third-order valence-corrected chi connectivity index (χ3v) is 5.54. The van der Waals surface area contributed by atoms with E-state index in [4.69, 9.17) is 4.74 Å². The summed E-state index contributed by atoms with van der Waals surface area (Å²) in [6, 6.07) is 5.69. The van der Waals surface area contributed by atoms with Gasteiger partial charge in [-0.15, -0.1) is 0 Å². The number of aryl methyl sites for hydroxylation is 1. The molecule has 0 spiro atoms. The van der Waals surface area contributed by atoms with Crippen molar-refractivity contribution in [1.82, 2.24) is 20.0 Å². The summed E-state index contributed by atoms with van der Waals surface area (Å²) in [5.74, 6) is -0.567. The molecule has 1 aliphatic carbocycles. The lowest BCUT2D eigenvalue weighted by Crippen LogP contribution is -2.53. The van der Waals surface area contributed by atoms with Crippen molar-refractivity contribution in [3.8, 4) is 0 Å². The molecular weight excluding hydrogens is 387 g/mol. The molecule has 0 saturated carbocycles. The van der Waals surface area contributed by atoms with Gasteiger partial charge in [0.15, 0.2) is 5.69 Å². The average Bonchev–Trinajstić information content (AvgIpc) is 3.29. The van der Waals surface area contributed by atoms with Crippen LogP contribution in [0.25, 0.3) is 0 Å². The molecule has 30 heavy (non-hydrogen) atoms. The molecule has 1 aliphatic heterocycles. The Kier molecular flexibility index (Phi) is 5.26. The van der Waals surface area contributed by atoms with Gasteiger partial charge in [0.1, 0.15) is 11.4 Å². The van der Waals surface area contributed by atoms with E-state index in [-0.39, 0.29) is 18.3 Å². The molecule has 160 valence electrons. The topological polar surface area (TPSA) is 78.5 Å². The van der Waals surface area contributed by atoms with E-state index >= 15 is 0 Å². The van der Waals surface area contributed by atoms with E-state index in [1.807, 2.05) is 20.8 Å². The quantitative estimate of drug-likeness (QED) is 0.816. The number of nitrogens with zero attached hydrogens (tertiary/aromatic N) is 3. The molecule has 1 aromatic carbocycles. The fourth-order valence-corrected chi connectivity index (χ4v) is 4.15. The summed E-state index contributed by atoms with van der Waals surface area (Å²) in [4.78, 5) is 29.3. The molecule has 2 heterocycles. The summed E-state index contributed by atoms with van der Waals surface area (Å²) >= 11 is 0. The number of carbonyl (C=O) groups excluding carboxylic acids is 2. The fraction of sp³-hybridized carbons (Fsp3) is 0.500. The van der Waals surface area contributed by atoms with Gasteiger partial charge in [0.25, 0.3) is 5.91 Å². The maximum absolute atomic E-state index is 14.0. The molecule has 1 atom stereocenters. The highest BCUT2D eigenvalue weighted by molar-refractivity contribution is 5.94. The normalized spacial score (nSPS) is 19.0. The lowest BCUT2D eigenvalue weighted by atomic mass is 10.0. The van der Waals surface area contributed by atoms with Crippen LogP contribution in [-0.2, 0) is 17.6 Å². The first-order valence-corrected chi connectivity index (χ1v) is 10.3. The zero-order valence-electron chi connectivity index (χ0n) is 17.6. The SMILES string of the molecule is CC(C)(C)OC(=O)N1CCN(C(=O)c2n[nH]c3c2CCC3)[C@H](c2cccc(F)c2)C1. The third kappa shape index (κ3) is 4.04. The van der Waals surface area contributed by atoms with Gasteiger partial charge in [-0.25, -0.2) is 9.18 Å². The molecule has 1 N–H and O–H groups in total. The highest BCUT2D eigenvalue weighted by atomic mass is 19.1. The molecule has 8 heteroatoms. The molecule has 0 unspecified atom stereocenters. The van der Waals surface area contributed by atoms with Crippen molar-refractivity contribution in [2.45, 2.75) is 51.7 Å². The summed E-state index contributed by atoms with van der Waals surface area (Å²) in [5.41, 5.74) is 2.47. The monoisotopic (exact) mass is 414 g/mol. The number of ether oxygens (including phenoxy) is 1. The molecule has 1 saturated heterocycles. The number of amides is 2. The molecule has 4 rings (SSSR count). The van der Waals surface area contributed by atoms with E-state index in [1.54, 1.807) is 21.9 Å². The Hall–Kier alpha value is -2.90. The number of fused-ring (bicyclic) bond motifs is 1. The summed E-state index contributed by atoms with van der Waals surface area (Å²) in [5, 5.41) is 7.25. The van der Waals surface area contributed by atoms with Crippen molar-refractivity contribution in [3.63, 3.8) is 0 Å². The minimum atomic E-state index is -0.617. The van der Waals surface area contributed by atoms with Crippen molar-refractivity contribution in [1.29, 1.82) is 0 Å². The number of halogens is 1. The van der Waals surface area contributed by atoms with Gasteiger partial charge in [0.05, 0.1) is 6.04 Å². The number of hydrogen-bond donors (Lipinski definition) is 1. The molecule has 2 amide bonds. The van der Waals surface area contributed by atoms with Crippen LogP contribution in [0.15, 0.2) is 24.3 Å². The van der Waals surface area contributed by atoms with Crippen molar-refractivity contribution in [3.05, 3.63) is 52.6 Å². The van der Waals surface area contributed by atoms with Gasteiger partial charge in [0, 0.05) is 30.9 Å². The Bertz CT molecular complexity index is 966. The number of aromatic amines is 1. The van der Waals surface area contributed by atoms with Crippen LogP contribution in [-0.4, -0.2) is 57.2 Å². The Balaban J connectivity index is 1.62. The highest BCUT2D eigenvalue weighted by Gasteiger charge is 2.37. The molecule has 2 aromatic rings. The second kappa shape index (κ2) is 7.74. The van der Waals surface area contributed by atoms with Gasteiger partial charge in [-0.2, -0.15) is 5.10 Å². The summed E-state index contributed by atoms with van der Waals surface area (Å²) < 4.78 is 19.5. The van der Waals surface area contributed by atoms with Crippen LogP contribution in [0.3, 0.4) is 0 Å². The second-order valence-electron chi connectivity index (χ2n) is 8.88. The number of benzene rings is 1. The first-order chi connectivity index (χ1) is 14.2. The van der Waals surface area contributed by atoms with Crippen LogP contribution in [0.4, 0.5) is 9.18 Å². The van der Waals surface area contributed by atoms with E-state index in [1.165, 1.54) is 12.1 Å². The average molecular weight is 414 g/mol. The Labute approximate surface area is 175 Å². The van der Waals surface area contributed by atoms with Gasteiger partial charge in [-0.05, 0) is 57.7 Å². The third-order valence-electron chi connectivity index (χ3n) is 5.54. The molecule has 2 aliphatic rings. The van der Waals surface area contributed by atoms with Gasteiger partial charge in [-0.1, -0.05) is 12.1 Å². The van der Waals surface area contributed by atoms with Crippen LogP contribution in [0, 0.1) is 5.82 Å². The lowest BCUT2D eigenvalue weighted by molar-refractivity contribution is 0.00391. The first kappa shape index (κ1) is 20.4. The van der Waals surface area contributed by atoms with Crippen molar-refractivity contribution in [2.75, 3.05) is 19.6 Å². The number of H-pyrrole nitrogens is 1. The maximum Gasteiger partial charge on any atom is 0.410 e. The largest absolute Gasteiger partial charge is 0.444 e. The van der Waals surface area contributed by atoms with Crippen LogP contribution < -0.4 is 0 Å². The van der Waals surface area contributed by atoms with Gasteiger partial charge < -0.3 is 14.5 Å². The van der Waals surface area contributed by atoms with Crippen molar-refractivity contribution >= 4 is 12.0 Å². The van der Waals surface area contributed by atoms with Crippen LogP contribution in [0.1, 0.15) is 60.5 Å².